The van der Waals surface area contributed by atoms with E-state index in [1.54, 1.807) is 5.32 Å². The molecule has 9 heteroatoms. The van der Waals surface area contributed by atoms with Gasteiger partial charge in [0.2, 0.25) is 5.91 Å². The normalized spacial score (nSPS) is 11.3. The number of halogens is 6. The van der Waals surface area contributed by atoms with Crippen LogP contribution in [0.2, 0.25) is 10.0 Å². The Balaban J connectivity index is 2.56. The number of rotatable bonds is 4. The van der Waals surface area contributed by atoms with Crippen molar-refractivity contribution in [1.29, 1.82) is 0 Å². The van der Waals surface area contributed by atoms with Gasteiger partial charge in [0.1, 0.15) is 12.4 Å². The van der Waals surface area contributed by atoms with Crippen molar-refractivity contribution in [1.82, 2.24) is 5.32 Å². The molecule has 0 radical (unpaired) electrons. The number of carbonyl (C=O) groups is 1. The molecule has 0 aliphatic rings. The zero-order chi connectivity index (χ0) is 14.6. The van der Waals surface area contributed by atoms with Gasteiger partial charge in [-0.15, -0.1) is 0 Å². The number of alkyl halides is 3. The maximum atomic E-state index is 12.9. The second-order valence-corrected chi connectivity index (χ2v) is 4.30. The largest absolute Gasteiger partial charge is 0.405 e. The van der Waals surface area contributed by atoms with Crippen LogP contribution in [0.1, 0.15) is 0 Å². The van der Waals surface area contributed by atoms with Gasteiger partial charge in [0, 0.05) is 0 Å². The Kier molecular flexibility index (Phi) is 5.25. The van der Waals surface area contributed by atoms with Crippen LogP contribution < -0.4 is 10.6 Å². The highest BCUT2D eigenvalue weighted by molar-refractivity contribution is 6.39. The molecule has 1 aromatic rings. The molecule has 0 aliphatic carbocycles. The lowest BCUT2D eigenvalue weighted by Crippen LogP contribution is -2.37. The van der Waals surface area contributed by atoms with Crippen LogP contribution in [-0.4, -0.2) is 25.2 Å². The third-order valence-corrected chi connectivity index (χ3v) is 2.51. The number of hydrogen-bond donors (Lipinski definition) is 2. The molecule has 0 saturated carbocycles. The van der Waals surface area contributed by atoms with Gasteiger partial charge in [-0.05, 0) is 12.1 Å². The number of hydrogen-bond acceptors (Lipinski definition) is 2. The summed E-state index contributed by atoms with van der Waals surface area (Å²) in [5, 5.41) is 3.94. The Hall–Kier alpha value is -1.21. The highest BCUT2D eigenvalue weighted by Gasteiger charge is 2.27. The van der Waals surface area contributed by atoms with E-state index in [2.05, 4.69) is 5.32 Å². The SMILES string of the molecule is O=C(CNc1c(Cl)cc(F)cc1Cl)NCC(F)(F)F. The molecular formula is C10H8Cl2F4N2O. The first-order valence-corrected chi connectivity index (χ1v) is 5.66. The van der Waals surface area contributed by atoms with E-state index in [1.165, 1.54) is 0 Å². The maximum absolute atomic E-state index is 12.9. The average Bonchev–Trinajstić information content (AvgIpc) is 2.23. The minimum absolute atomic E-state index is 0.0754. The van der Waals surface area contributed by atoms with Crippen LogP contribution in [0.3, 0.4) is 0 Å². The molecule has 1 amide bonds. The molecule has 106 valence electrons. The number of anilines is 1. The monoisotopic (exact) mass is 318 g/mol. The second kappa shape index (κ2) is 6.29. The summed E-state index contributed by atoms with van der Waals surface area (Å²) in [5.41, 5.74) is 0.0758. The maximum Gasteiger partial charge on any atom is 0.405 e. The zero-order valence-electron chi connectivity index (χ0n) is 9.24. The molecule has 19 heavy (non-hydrogen) atoms. The first kappa shape index (κ1) is 15.8. The van der Waals surface area contributed by atoms with Crippen molar-refractivity contribution in [3.8, 4) is 0 Å². The van der Waals surface area contributed by atoms with Crippen LogP contribution >= 0.6 is 23.2 Å². The fourth-order valence-electron chi connectivity index (χ4n) is 1.14. The van der Waals surface area contributed by atoms with Crippen molar-refractivity contribution < 1.29 is 22.4 Å². The van der Waals surface area contributed by atoms with Gasteiger partial charge in [-0.25, -0.2) is 4.39 Å². The summed E-state index contributed by atoms with van der Waals surface area (Å²) in [6, 6.07) is 1.92. The van der Waals surface area contributed by atoms with E-state index in [0.29, 0.717) is 0 Å². The molecule has 2 N–H and O–H groups in total. The van der Waals surface area contributed by atoms with Crippen LogP contribution in [0.5, 0.6) is 0 Å². The molecule has 0 saturated heterocycles. The van der Waals surface area contributed by atoms with E-state index in [1.807, 2.05) is 0 Å². The third-order valence-electron chi connectivity index (χ3n) is 1.92. The highest BCUT2D eigenvalue weighted by Crippen LogP contribution is 2.31. The van der Waals surface area contributed by atoms with Crippen LogP contribution in [0.15, 0.2) is 12.1 Å². The first-order chi connectivity index (χ1) is 8.69. The summed E-state index contributed by atoms with van der Waals surface area (Å²) in [4.78, 5) is 11.1. The fourth-order valence-corrected chi connectivity index (χ4v) is 1.74. The van der Waals surface area contributed by atoms with Crippen molar-refractivity contribution in [3.05, 3.63) is 28.0 Å². The average molecular weight is 319 g/mol. The summed E-state index contributed by atoms with van der Waals surface area (Å²) in [7, 11) is 0. The molecule has 0 spiro atoms. The summed E-state index contributed by atoms with van der Waals surface area (Å²) in [6.45, 7) is -1.90. The Labute approximate surface area is 115 Å². The fraction of sp³-hybridized carbons (Fsp3) is 0.300. The van der Waals surface area contributed by atoms with Crippen molar-refractivity contribution in [2.75, 3.05) is 18.4 Å². The van der Waals surface area contributed by atoms with Crippen molar-refractivity contribution >= 4 is 34.8 Å². The standard InChI is InChI=1S/C10H8Cl2F4N2O/c11-6-1-5(13)2-7(12)9(6)17-3-8(19)18-4-10(14,15)16/h1-2,17H,3-4H2,(H,18,19). The van der Waals surface area contributed by atoms with Gasteiger partial charge in [0.15, 0.2) is 0 Å². The van der Waals surface area contributed by atoms with E-state index in [9.17, 15) is 22.4 Å². The Morgan fingerprint density at radius 1 is 1.21 bits per heavy atom. The van der Waals surface area contributed by atoms with Crippen molar-refractivity contribution in [3.63, 3.8) is 0 Å². The molecule has 3 nitrogen and oxygen atoms in total. The Bertz CT molecular complexity index is 456. The second-order valence-electron chi connectivity index (χ2n) is 3.49. The molecule has 0 aliphatic heterocycles. The number of carbonyl (C=O) groups excluding carboxylic acids is 1. The molecule has 0 heterocycles. The first-order valence-electron chi connectivity index (χ1n) is 4.91. The van der Waals surface area contributed by atoms with Gasteiger partial charge in [-0.2, -0.15) is 13.2 Å². The molecule has 0 atom stereocenters. The van der Waals surface area contributed by atoms with Gasteiger partial charge in [0.05, 0.1) is 22.3 Å². The lowest BCUT2D eigenvalue weighted by Gasteiger charge is -2.12. The molecular weight excluding hydrogens is 311 g/mol. The van der Waals surface area contributed by atoms with Gasteiger partial charge in [-0.1, -0.05) is 23.2 Å². The number of benzene rings is 1. The van der Waals surface area contributed by atoms with E-state index in [4.69, 9.17) is 23.2 Å². The van der Waals surface area contributed by atoms with E-state index >= 15 is 0 Å². The van der Waals surface area contributed by atoms with E-state index in [-0.39, 0.29) is 15.7 Å². The van der Waals surface area contributed by atoms with Crippen molar-refractivity contribution in [2.24, 2.45) is 0 Å². The van der Waals surface area contributed by atoms with Gasteiger partial charge in [-0.3, -0.25) is 4.79 Å². The highest BCUT2D eigenvalue weighted by atomic mass is 35.5. The van der Waals surface area contributed by atoms with Crippen LogP contribution in [-0.2, 0) is 4.79 Å². The molecule has 0 unspecified atom stereocenters. The number of amides is 1. The lowest BCUT2D eigenvalue weighted by atomic mass is 10.3. The number of nitrogens with one attached hydrogen (secondary N) is 2. The summed E-state index contributed by atoms with van der Waals surface area (Å²) >= 11 is 11.3. The lowest BCUT2D eigenvalue weighted by molar-refractivity contribution is -0.137. The topological polar surface area (TPSA) is 41.1 Å². The van der Waals surface area contributed by atoms with Gasteiger partial charge < -0.3 is 10.6 Å². The van der Waals surface area contributed by atoms with E-state index in [0.717, 1.165) is 12.1 Å². The molecule has 1 aromatic carbocycles. The Morgan fingerprint density at radius 2 is 1.74 bits per heavy atom. The van der Waals surface area contributed by atoms with Gasteiger partial charge in [0.25, 0.3) is 0 Å². The Morgan fingerprint density at radius 3 is 2.21 bits per heavy atom. The molecule has 0 bridgehead atoms. The van der Waals surface area contributed by atoms with Gasteiger partial charge >= 0.3 is 6.18 Å². The van der Waals surface area contributed by atoms with Crippen molar-refractivity contribution in [2.45, 2.75) is 6.18 Å². The summed E-state index contributed by atoms with van der Waals surface area (Å²) < 4.78 is 48.4. The minimum atomic E-state index is -4.49. The van der Waals surface area contributed by atoms with Crippen LogP contribution in [0.4, 0.5) is 23.2 Å². The molecule has 1 rings (SSSR count). The summed E-state index contributed by atoms with van der Waals surface area (Å²) in [5.74, 6) is -1.56. The zero-order valence-corrected chi connectivity index (χ0v) is 10.8. The third kappa shape index (κ3) is 5.52. The van der Waals surface area contributed by atoms with Crippen LogP contribution in [0.25, 0.3) is 0 Å². The predicted octanol–water partition coefficient (Wildman–Crippen LogP) is 3.22. The molecule has 0 aromatic heterocycles. The summed E-state index contributed by atoms with van der Waals surface area (Å²) in [6.07, 6.45) is -4.49. The molecule has 0 fully saturated rings. The van der Waals surface area contributed by atoms with Crippen LogP contribution in [0, 0.1) is 5.82 Å². The predicted molar refractivity (Wildman–Crippen MR) is 64.0 cm³/mol. The minimum Gasteiger partial charge on any atom is -0.374 e. The quantitative estimate of drug-likeness (QED) is 0.837. The van der Waals surface area contributed by atoms with E-state index < -0.39 is 31.0 Å². The smallest absolute Gasteiger partial charge is 0.374 e.